The Hall–Kier alpha value is -2.57. The highest BCUT2D eigenvalue weighted by atomic mass is 32.1. The van der Waals surface area contributed by atoms with Gasteiger partial charge in [0.15, 0.2) is 5.13 Å². The van der Waals surface area contributed by atoms with E-state index in [1.54, 1.807) is 18.4 Å². The zero-order chi connectivity index (χ0) is 19.3. The SMILES string of the molecule is COc1ccc(N2CCN(Cc3csc(Nc4ccc(C)cc4)n3)CC2)cc1. The van der Waals surface area contributed by atoms with Crippen LogP contribution in [0.25, 0.3) is 0 Å². The van der Waals surface area contributed by atoms with E-state index in [0.29, 0.717) is 0 Å². The molecule has 0 saturated carbocycles. The van der Waals surface area contributed by atoms with E-state index in [1.807, 2.05) is 12.1 Å². The van der Waals surface area contributed by atoms with Gasteiger partial charge in [0.1, 0.15) is 5.75 Å². The first-order valence-corrected chi connectivity index (χ1v) is 10.5. The summed E-state index contributed by atoms with van der Waals surface area (Å²) in [6.07, 6.45) is 0. The van der Waals surface area contributed by atoms with Crippen LogP contribution < -0.4 is 15.0 Å². The lowest BCUT2D eigenvalue weighted by Crippen LogP contribution is -2.46. The van der Waals surface area contributed by atoms with Gasteiger partial charge in [0.2, 0.25) is 0 Å². The maximum atomic E-state index is 5.25. The van der Waals surface area contributed by atoms with Crippen molar-refractivity contribution in [2.75, 3.05) is 43.5 Å². The fraction of sp³-hybridized carbons (Fsp3) is 0.318. The number of ether oxygens (including phenoxy) is 1. The van der Waals surface area contributed by atoms with E-state index in [0.717, 1.165) is 55.0 Å². The molecule has 0 aliphatic carbocycles. The molecule has 1 aliphatic rings. The third-order valence-corrected chi connectivity index (χ3v) is 5.86. The van der Waals surface area contributed by atoms with E-state index in [1.165, 1.54) is 11.3 Å². The van der Waals surface area contributed by atoms with Gasteiger partial charge in [-0.3, -0.25) is 4.90 Å². The zero-order valence-electron chi connectivity index (χ0n) is 16.4. The molecule has 0 unspecified atom stereocenters. The van der Waals surface area contributed by atoms with Gasteiger partial charge in [0, 0.05) is 49.5 Å². The number of benzene rings is 2. The first-order valence-electron chi connectivity index (χ1n) is 9.59. The lowest BCUT2D eigenvalue weighted by Gasteiger charge is -2.35. The molecule has 5 nitrogen and oxygen atoms in total. The molecule has 1 N–H and O–H groups in total. The summed E-state index contributed by atoms with van der Waals surface area (Å²) in [5.41, 5.74) is 4.75. The molecular formula is C22H26N4OS. The van der Waals surface area contributed by atoms with Crippen LogP contribution in [0.1, 0.15) is 11.3 Å². The quantitative estimate of drug-likeness (QED) is 0.665. The van der Waals surface area contributed by atoms with E-state index in [-0.39, 0.29) is 0 Å². The third-order valence-electron chi connectivity index (χ3n) is 5.05. The molecule has 0 atom stereocenters. The third kappa shape index (κ3) is 4.64. The van der Waals surface area contributed by atoms with Gasteiger partial charge in [0.05, 0.1) is 12.8 Å². The number of methoxy groups -OCH3 is 1. The molecule has 2 aromatic carbocycles. The van der Waals surface area contributed by atoms with Crippen LogP contribution in [-0.2, 0) is 6.54 Å². The van der Waals surface area contributed by atoms with Crippen LogP contribution in [0.5, 0.6) is 5.75 Å². The second-order valence-electron chi connectivity index (χ2n) is 7.10. The maximum Gasteiger partial charge on any atom is 0.187 e. The van der Waals surface area contributed by atoms with Crippen LogP contribution in [-0.4, -0.2) is 43.2 Å². The number of hydrogen-bond acceptors (Lipinski definition) is 6. The van der Waals surface area contributed by atoms with Crippen molar-refractivity contribution in [3.05, 3.63) is 65.2 Å². The average molecular weight is 395 g/mol. The zero-order valence-corrected chi connectivity index (χ0v) is 17.2. The molecule has 0 amide bonds. The number of aromatic nitrogens is 1. The van der Waals surface area contributed by atoms with E-state index < -0.39 is 0 Å². The van der Waals surface area contributed by atoms with Crippen molar-refractivity contribution in [3.8, 4) is 5.75 Å². The standard InChI is InChI=1S/C22H26N4OS/c1-17-3-5-18(6-4-17)23-22-24-19(16-28-22)15-25-11-13-26(14-12-25)20-7-9-21(27-2)10-8-20/h3-10,16H,11-15H2,1-2H3,(H,23,24). The molecule has 146 valence electrons. The van der Waals surface area contributed by atoms with Crippen molar-refractivity contribution < 1.29 is 4.74 Å². The topological polar surface area (TPSA) is 40.6 Å². The molecule has 4 rings (SSSR count). The van der Waals surface area contributed by atoms with Crippen LogP contribution in [0, 0.1) is 6.92 Å². The summed E-state index contributed by atoms with van der Waals surface area (Å²) in [4.78, 5) is 9.67. The molecule has 1 aliphatic heterocycles. The minimum atomic E-state index is 0.904. The fourth-order valence-electron chi connectivity index (χ4n) is 3.38. The first-order chi connectivity index (χ1) is 13.7. The van der Waals surface area contributed by atoms with Crippen LogP contribution in [0.3, 0.4) is 0 Å². The molecule has 1 aromatic heterocycles. The molecular weight excluding hydrogens is 368 g/mol. The highest BCUT2D eigenvalue weighted by molar-refractivity contribution is 7.13. The van der Waals surface area contributed by atoms with Crippen molar-refractivity contribution in [1.82, 2.24) is 9.88 Å². The Morgan fingerprint density at radius 1 is 1.00 bits per heavy atom. The van der Waals surface area contributed by atoms with Crippen molar-refractivity contribution >= 4 is 27.8 Å². The molecule has 0 spiro atoms. The maximum absolute atomic E-state index is 5.25. The summed E-state index contributed by atoms with van der Waals surface area (Å²) in [7, 11) is 1.70. The summed E-state index contributed by atoms with van der Waals surface area (Å²) in [5, 5.41) is 6.51. The van der Waals surface area contributed by atoms with Crippen LogP contribution >= 0.6 is 11.3 Å². The molecule has 0 bridgehead atoms. The number of anilines is 3. The Labute approximate surface area is 170 Å². The van der Waals surface area contributed by atoms with Crippen LogP contribution in [0.4, 0.5) is 16.5 Å². The van der Waals surface area contributed by atoms with Gasteiger partial charge in [-0.05, 0) is 43.3 Å². The molecule has 6 heteroatoms. The van der Waals surface area contributed by atoms with Gasteiger partial charge in [-0.1, -0.05) is 17.7 Å². The smallest absolute Gasteiger partial charge is 0.187 e. The molecule has 0 radical (unpaired) electrons. The van der Waals surface area contributed by atoms with Crippen molar-refractivity contribution in [1.29, 1.82) is 0 Å². The molecule has 2 heterocycles. The predicted molar refractivity (Wildman–Crippen MR) is 117 cm³/mol. The molecule has 1 saturated heterocycles. The highest BCUT2D eigenvalue weighted by Crippen LogP contribution is 2.24. The normalized spacial score (nSPS) is 14.9. The predicted octanol–water partition coefficient (Wildman–Crippen LogP) is 4.53. The molecule has 28 heavy (non-hydrogen) atoms. The van der Waals surface area contributed by atoms with Crippen LogP contribution in [0.15, 0.2) is 53.9 Å². The number of piperazine rings is 1. The number of hydrogen-bond donors (Lipinski definition) is 1. The van der Waals surface area contributed by atoms with Gasteiger partial charge in [-0.15, -0.1) is 11.3 Å². The highest BCUT2D eigenvalue weighted by Gasteiger charge is 2.18. The minimum Gasteiger partial charge on any atom is -0.497 e. The summed E-state index contributed by atoms with van der Waals surface area (Å²) in [6.45, 7) is 7.16. The van der Waals surface area contributed by atoms with E-state index in [9.17, 15) is 0 Å². The Kier molecular flexibility index (Phi) is 5.78. The van der Waals surface area contributed by atoms with E-state index in [4.69, 9.17) is 9.72 Å². The lowest BCUT2D eigenvalue weighted by molar-refractivity contribution is 0.247. The summed E-state index contributed by atoms with van der Waals surface area (Å²) >= 11 is 1.67. The fourth-order valence-corrected chi connectivity index (χ4v) is 4.11. The average Bonchev–Trinajstić information content (AvgIpc) is 3.17. The van der Waals surface area contributed by atoms with Gasteiger partial charge in [-0.25, -0.2) is 4.98 Å². The van der Waals surface area contributed by atoms with Gasteiger partial charge in [-0.2, -0.15) is 0 Å². The van der Waals surface area contributed by atoms with Crippen molar-refractivity contribution in [3.63, 3.8) is 0 Å². The Morgan fingerprint density at radius 3 is 2.39 bits per heavy atom. The Morgan fingerprint density at radius 2 is 1.71 bits per heavy atom. The van der Waals surface area contributed by atoms with Gasteiger partial charge >= 0.3 is 0 Å². The second-order valence-corrected chi connectivity index (χ2v) is 7.95. The number of aryl methyl sites for hydroxylation is 1. The number of thiazole rings is 1. The summed E-state index contributed by atoms with van der Waals surface area (Å²) < 4.78 is 5.25. The Balaban J connectivity index is 1.29. The van der Waals surface area contributed by atoms with Crippen molar-refractivity contribution in [2.24, 2.45) is 0 Å². The summed E-state index contributed by atoms with van der Waals surface area (Å²) in [5.74, 6) is 0.904. The summed E-state index contributed by atoms with van der Waals surface area (Å²) in [6, 6.07) is 16.7. The molecule has 1 fully saturated rings. The number of nitrogens with one attached hydrogen (secondary N) is 1. The molecule has 3 aromatic rings. The Bertz CT molecular complexity index is 884. The van der Waals surface area contributed by atoms with E-state index in [2.05, 4.69) is 63.8 Å². The second kappa shape index (κ2) is 8.63. The van der Waals surface area contributed by atoms with Crippen LogP contribution in [0.2, 0.25) is 0 Å². The lowest BCUT2D eigenvalue weighted by atomic mass is 10.2. The van der Waals surface area contributed by atoms with Crippen molar-refractivity contribution in [2.45, 2.75) is 13.5 Å². The van der Waals surface area contributed by atoms with E-state index >= 15 is 0 Å². The first kappa shape index (κ1) is 18.8. The van der Waals surface area contributed by atoms with Gasteiger partial charge < -0.3 is 15.0 Å². The van der Waals surface area contributed by atoms with Gasteiger partial charge in [0.25, 0.3) is 0 Å². The number of rotatable bonds is 6. The largest absolute Gasteiger partial charge is 0.497 e. The number of nitrogens with zero attached hydrogens (tertiary/aromatic N) is 3. The minimum absolute atomic E-state index is 0.904. The monoisotopic (exact) mass is 394 g/mol.